The van der Waals surface area contributed by atoms with Gasteiger partial charge in [-0.05, 0) is 70.8 Å². The van der Waals surface area contributed by atoms with Crippen LogP contribution in [-0.4, -0.2) is 0 Å². The quantitative estimate of drug-likeness (QED) is 0.234. The third-order valence-electron chi connectivity index (χ3n) is 6.78. The lowest BCUT2D eigenvalue weighted by atomic mass is 9.81. The molecule has 0 spiro atoms. The zero-order valence-electron chi connectivity index (χ0n) is 16.8. The molecule has 0 fully saturated rings. The van der Waals surface area contributed by atoms with E-state index >= 15 is 0 Å². The van der Waals surface area contributed by atoms with Crippen molar-refractivity contribution in [2.75, 3.05) is 0 Å². The van der Waals surface area contributed by atoms with Crippen LogP contribution in [0.1, 0.15) is 25.0 Å². The fraction of sp³-hybridized carbons (Fsp3) is 0.111. The number of hydrogen-bond donors (Lipinski definition) is 0. The Morgan fingerprint density at radius 1 is 0.548 bits per heavy atom. The van der Waals surface area contributed by atoms with E-state index in [2.05, 4.69) is 38.1 Å². The molecule has 0 radical (unpaired) electrons. The van der Waals surface area contributed by atoms with E-state index in [1.54, 1.807) is 0 Å². The van der Waals surface area contributed by atoms with Crippen LogP contribution in [0.15, 0.2) is 69.5 Å². The third kappa shape index (κ3) is 2.24. The van der Waals surface area contributed by atoms with Gasteiger partial charge in [-0.2, -0.15) is 0 Å². The minimum absolute atomic E-state index is 0.140. The molecule has 0 amide bonds. The second kappa shape index (κ2) is 5.64. The van der Waals surface area contributed by atoms with E-state index < -0.39 is 0 Å². The molecule has 0 aliphatic heterocycles. The fourth-order valence-corrected chi connectivity index (χ4v) is 5.54. The summed E-state index contributed by atoms with van der Waals surface area (Å²) in [6.45, 7) is 4.57. The molecule has 1 aliphatic carbocycles. The SMILES string of the molecule is CC1(C)c2cc3c(cc2-c2cc4oc5cc(Cl)ccc5c4cc21)oc1cc(Cl)ccc13. The first-order valence-electron chi connectivity index (χ1n) is 10.2. The summed E-state index contributed by atoms with van der Waals surface area (Å²) in [6.07, 6.45) is 0. The molecule has 4 aromatic carbocycles. The number of halogens is 2. The van der Waals surface area contributed by atoms with Crippen LogP contribution in [0.25, 0.3) is 55.0 Å². The average Bonchev–Trinajstić information content (AvgIpc) is 3.33. The van der Waals surface area contributed by atoms with Crippen LogP contribution in [-0.2, 0) is 5.41 Å². The van der Waals surface area contributed by atoms with Crippen LogP contribution in [0.2, 0.25) is 10.0 Å². The molecule has 0 unspecified atom stereocenters. The maximum absolute atomic E-state index is 6.18. The molecule has 7 rings (SSSR count). The Morgan fingerprint density at radius 2 is 0.968 bits per heavy atom. The van der Waals surface area contributed by atoms with Crippen molar-refractivity contribution in [3.63, 3.8) is 0 Å². The second-order valence-electron chi connectivity index (χ2n) is 8.90. The molecule has 1 aliphatic rings. The second-order valence-corrected chi connectivity index (χ2v) is 9.77. The molecule has 2 nitrogen and oxygen atoms in total. The lowest BCUT2D eigenvalue weighted by molar-refractivity contribution is 0.656. The minimum Gasteiger partial charge on any atom is -0.456 e. The highest BCUT2D eigenvalue weighted by molar-refractivity contribution is 6.32. The topological polar surface area (TPSA) is 26.3 Å². The maximum atomic E-state index is 6.18. The number of rotatable bonds is 0. The van der Waals surface area contributed by atoms with Gasteiger partial charge in [0.15, 0.2) is 0 Å². The molecule has 31 heavy (non-hydrogen) atoms. The van der Waals surface area contributed by atoms with Gasteiger partial charge in [0.25, 0.3) is 0 Å². The number of furan rings is 2. The van der Waals surface area contributed by atoms with E-state index in [0.29, 0.717) is 10.0 Å². The number of benzene rings is 4. The van der Waals surface area contributed by atoms with Crippen molar-refractivity contribution in [1.82, 2.24) is 0 Å². The van der Waals surface area contributed by atoms with E-state index in [1.165, 1.54) is 22.3 Å². The molecule has 150 valence electrons. The largest absolute Gasteiger partial charge is 0.456 e. The first-order valence-corrected chi connectivity index (χ1v) is 11.0. The Hall–Kier alpha value is -2.94. The summed E-state index contributed by atoms with van der Waals surface area (Å²) >= 11 is 12.4. The van der Waals surface area contributed by atoms with E-state index in [0.717, 1.165) is 43.9 Å². The number of hydrogen-bond acceptors (Lipinski definition) is 2. The van der Waals surface area contributed by atoms with Crippen LogP contribution >= 0.6 is 23.2 Å². The van der Waals surface area contributed by atoms with E-state index in [4.69, 9.17) is 32.0 Å². The molecule has 2 heterocycles. The summed E-state index contributed by atoms with van der Waals surface area (Å²) < 4.78 is 12.3. The molecule has 0 saturated heterocycles. The van der Waals surface area contributed by atoms with Gasteiger partial charge in [0.1, 0.15) is 22.3 Å². The van der Waals surface area contributed by atoms with Crippen molar-refractivity contribution in [3.8, 4) is 11.1 Å². The highest BCUT2D eigenvalue weighted by Gasteiger charge is 2.37. The summed E-state index contributed by atoms with van der Waals surface area (Å²) in [5.41, 5.74) is 8.21. The first kappa shape index (κ1) is 17.7. The van der Waals surface area contributed by atoms with Crippen LogP contribution < -0.4 is 0 Å². The molecule has 0 atom stereocenters. The zero-order valence-corrected chi connectivity index (χ0v) is 18.4. The standard InChI is InChI=1S/C27H16Cl2O2/c1-27(2)21-9-19-15-5-3-13(28)7-23(15)30-25(19)11-17(21)18-12-26-20(10-22(18)27)16-6-4-14(29)8-24(16)31-26/h3-12H,1-2H3. The smallest absolute Gasteiger partial charge is 0.136 e. The van der Waals surface area contributed by atoms with Gasteiger partial charge in [-0.3, -0.25) is 0 Å². The Labute approximate surface area is 187 Å². The van der Waals surface area contributed by atoms with Crippen molar-refractivity contribution in [1.29, 1.82) is 0 Å². The maximum Gasteiger partial charge on any atom is 0.136 e. The highest BCUT2D eigenvalue weighted by Crippen LogP contribution is 2.52. The minimum atomic E-state index is -0.140. The summed E-state index contributed by atoms with van der Waals surface area (Å²) in [6, 6.07) is 20.6. The first-order chi connectivity index (χ1) is 14.9. The predicted molar refractivity (Wildman–Crippen MR) is 129 cm³/mol. The molecular formula is C27H16Cl2O2. The monoisotopic (exact) mass is 442 g/mol. The fourth-order valence-electron chi connectivity index (χ4n) is 5.22. The zero-order chi connectivity index (χ0) is 21.1. The molecule has 0 bridgehead atoms. The van der Waals surface area contributed by atoms with E-state index in [-0.39, 0.29) is 5.41 Å². The van der Waals surface area contributed by atoms with Crippen molar-refractivity contribution in [3.05, 3.63) is 81.8 Å². The molecule has 2 aromatic heterocycles. The predicted octanol–water partition coefficient (Wildman–Crippen LogP) is 9.10. The van der Waals surface area contributed by atoms with Crippen molar-refractivity contribution in [2.24, 2.45) is 0 Å². The Balaban J connectivity index is 1.56. The van der Waals surface area contributed by atoms with Crippen molar-refractivity contribution < 1.29 is 8.83 Å². The Bertz CT molecular complexity index is 1610. The van der Waals surface area contributed by atoms with Gasteiger partial charge in [-0.15, -0.1) is 0 Å². The molecular weight excluding hydrogens is 427 g/mol. The van der Waals surface area contributed by atoms with Gasteiger partial charge in [-0.1, -0.05) is 37.0 Å². The summed E-state index contributed by atoms with van der Waals surface area (Å²) in [4.78, 5) is 0. The van der Waals surface area contributed by atoms with E-state index in [1.807, 2.05) is 36.4 Å². The van der Waals surface area contributed by atoms with Crippen molar-refractivity contribution in [2.45, 2.75) is 19.3 Å². The van der Waals surface area contributed by atoms with Crippen molar-refractivity contribution >= 4 is 67.1 Å². The summed E-state index contributed by atoms with van der Waals surface area (Å²) in [7, 11) is 0. The Kier molecular flexibility index (Phi) is 3.22. The number of fused-ring (bicyclic) bond motifs is 9. The summed E-state index contributed by atoms with van der Waals surface area (Å²) in [5, 5.41) is 5.77. The normalized spacial score (nSPS) is 14.7. The Morgan fingerprint density at radius 3 is 1.42 bits per heavy atom. The average molecular weight is 443 g/mol. The van der Waals surface area contributed by atoms with Gasteiger partial charge in [0.05, 0.1) is 0 Å². The molecule has 6 aromatic rings. The van der Waals surface area contributed by atoms with E-state index in [9.17, 15) is 0 Å². The third-order valence-corrected chi connectivity index (χ3v) is 7.25. The van der Waals surface area contributed by atoms with Crippen LogP contribution in [0.4, 0.5) is 0 Å². The van der Waals surface area contributed by atoms with Gasteiger partial charge in [-0.25, -0.2) is 0 Å². The molecule has 4 heteroatoms. The van der Waals surface area contributed by atoms with Gasteiger partial charge in [0, 0.05) is 49.1 Å². The summed E-state index contributed by atoms with van der Waals surface area (Å²) in [5.74, 6) is 0. The van der Waals surface area contributed by atoms with Gasteiger partial charge >= 0.3 is 0 Å². The van der Waals surface area contributed by atoms with Gasteiger partial charge in [0.2, 0.25) is 0 Å². The van der Waals surface area contributed by atoms with Crippen LogP contribution in [0.5, 0.6) is 0 Å². The molecule has 0 N–H and O–H groups in total. The van der Waals surface area contributed by atoms with Crippen LogP contribution in [0, 0.1) is 0 Å². The van der Waals surface area contributed by atoms with Crippen LogP contribution in [0.3, 0.4) is 0 Å². The van der Waals surface area contributed by atoms with Gasteiger partial charge < -0.3 is 8.83 Å². The molecule has 0 saturated carbocycles. The lowest BCUT2D eigenvalue weighted by Crippen LogP contribution is -2.14. The highest BCUT2D eigenvalue weighted by atomic mass is 35.5. The lowest BCUT2D eigenvalue weighted by Gasteiger charge is -2.21.